The molecule has 2 fully saturated rings. The lowest BCUT2D eigenvalue weighted by atomic mass is 10.0. The second-order valence-electron chi connectivity index (χ2n) is 5.62. The Morgan fingerprint density at radius 2 is 2.21 bits per heavy atom. The molecular weight excluding hydrogens is 238 g/mol. The molecule has 19 heavy (non-hydrogen) atoms. The average molecular weight is 259 g/mol. The van der Waals surface area contributed by atoms with E-state index in [0.717, 1.165) is 30.7 Å². The Labute approximate surface area is 114 Å². The number of hydrogen-bond donors (Lipinski definition) is 0. The van der Waals surface area contributed by atoms with Crippen molar-refractivity contribution in [2.24, 2.45) is 0 Å². The molecular formula is C16H21NO2. The lowest BCUT2D eigenvalue weighted by molar-refractivity contribution is -0.0522. The first-order valence-electron chi connectivity index (χ1n) is 7.20. The molecule has 1 aromatic carbocycles. The molecule has 1 aliphatic carbocycles. The molecule has 1 saturated carbocycles. The number of carbonyl (C=O) groups is 1. The molecule has 2 atom stereocenters. The summed E-state index contributed by atoms with van der Waals surface area (Å²) >= 11 is 0. The number of benzene rings is 1. The third kappa shape index (κ3) is 2.58. The van der Waals surface area contributed by atoms with Gasteiger partial charge in [0, 0.05) is 18.2 Å². The molecule has 102 valence electrons. The van der Waals surface area contributed by atoms with Crippen molar-refractivity contribution >= 4 is 5.78 Å². The third-order valence-corrected chi connectivity index (χ3v) is 4.39. The standard InChI is InChI=1S/C16H21NO2/c1-12-5-2-3-6-13(12)15(18)11-17-9-10-19-16-8-4-7-14(16)17/h2-3,5-6,14,16H,4,7-11H2,1H3. The normalized spacial score (nSPS) is 27.2. The minimum Gasteiger partial charge on any atom is -0.375 e. The van der Waals surface area contributed by atoms with E-state index in [4.69, 9.17) is 4.74 Å². The van der Waals surface area contributed by atoms with Crippen LogP contribution in [-0.4, -0.2) is 42.5 Å². The third-order valence-electron chi connectivity index (χ3n) is 4.39. The summed E-state index contributed by atoms with van der Waals surface area (Å²) in [4.78, 5) is 14.8. The van der Waals surface area contributed by atoms with Crippen LogP contribution in [0.25, 0.3) is 0 Å². The highest BCUT2D eigenvalue weighted by Crippen LogP contribution is 2.29. The SMILES string of the molecule is Cc1ccccc1C(=O)CN1CCOC2CCCC21. The molecule has 3 rings (SSSR count). The molecule has 0 radical (unpaired) electrons. The van der Waals surface area contributed by atoms with Crippen molar-refractivity contribution < 1.29 is 9.53 Å². The average Bonchev–Trinajstić information content (AvgIpc) is 2.88. The van der Waals surface area contributed by atoms with Crippen LogP contribution in [0.1, 0.15) is 35.2 Å². The van der Waals surface area contributed by atoms with E-state index in [9.17, 15) is 4.79 Å². The van der Waals surface area contributed by atoms with E-state index >= 15 is 0 Å². The van der Waals surface area contributed by atoms with E-state index in [2.05, 4.69) is 4.90 Å². The summed E-state index contributed by atoms with van der Waals surface area (Å²) < 4.78 is 5.79. The minimum atomic E-state index is 0.241. The van der Waals surface area contributed by atoms with Gasteiger partial charge in [0.1, 0.15) is 0 Å². The van der Waals surface area contributed by atoms with Crippen LogP contribution in [0.5, 0.6) is 0 Å². The first kappa shape index (κ1) is 12.8. The minimum absolute atomic E-state index is 0.241. The first-order valence-corrected chi connectivity index (χ1v) is 7.20. The zero-order valence-corrected chi connectivity index (χ0v) is 11.5. The molecule has 2 unspecified atom stereocenters. The van der Waals surface area contributed by atoms with Crippen LogP contribution in [0.4, 0.5) is 0 Å². The molecule has 3 heteroatoms. The van der Waals surface area contributed by atoms with Crippen LogP contribution in [-0.2, 0) is 4.74 Å². The Balaban J connectivity index is 1.71. The van der Waals surface area contributed by atoms with Gasteiger partial charge in [0.2, 0.25) is 0 Å². The van der Waals surface area contributed by atoms with Gasteiger partial charge in [-0.1, -0.05) is 24.3 Å². The highest BCUT2D eigenvalue weighted by molar-refractivity contribution is 5.98. The summed E-state index contributed by atoms with van der Waals surface area (Å²) in [5, 5.41) is 0. The predicted octanol–water partition coefficient (Wildman–Crippen LogP) is 2.43. The maximum Gasteiger partial charge on any atom is 0.177 e. The maximum atomic E-state index is 12.4. The number of fused-ring (bicyclic) bond motifs is 1. The van der Waals surface area contributed by atoms with Crippen LogP contribution >= 0.6 is 0 Å². The van der Waals surface area contributed by atoms with E-state index in [1.165, 1.54) is 12.8 Å². The van der Waals surface area contributed by atoms with Crippen LogP contribution in [0.3, 0.4) is 0 Å². The van der Waals surface area contributed by atoms with Crippen LogP contribution in [0.15, 0.2) is 24.3 Å². The quantitative estimate of drug-likeness (QED) is 0.781. The monoisotopic (exact) mass is 259 g/mol. The van der Waals surface area contributed by atoms with Gasteiger partial charge in [-0.25, -0.2) is 0 Å². The van der Waals surface area contributed by atoms with Crippen molar-refractivity contribution in [3.05, 3.63) is 35.4 Å². The number of ether oxygens (including phenoxy) is 1. The van der Waals surface area contributed by atoms with Gasteiger partial charge in [-0.2, -0.15) is 0 Å². The molecule has 0 spiro atoms. The van der Waals surface area contributed by atoms with E-state index in [1.54, 1.807) is 0 Å². The number of nitrogens with zero attached hydrogens (tertiary/aromatic N) is 1. The highest BCUT2D eigenvalue weighted by atomic mass is 16.5. The first-order chi connectivity index (χ1) is 9.25. The van der Waals surface area contributed by atoms with Gasteiger partial charge < -0.3 is 4.74 Å². The summed E-state index contributed by atoms with van der Waals surface area (Å²) in [6, 6.07) is 8.32. The number of morpholine rings is 1. The lowest BCUT2D eigenvalue weighted by Gasteiger charge is -2.37. The number of rotatable bonds is 3. The fourth-order valence-corrected chi connectivity index (χ4v) is 3.36. The Kier molecular flexibility index (Phi) is 3.67. The topological polar surface area (TPSA) is 29.5 Å². The molecule has 1 aliphatic heterocycles. The van der Waals surface area contributed by atoms with Gasteiger partial charge in [0.15, 0.2) is 5.78 Å². The fraction of sp³-hybridized carbons (Fsp3) is 0.562. The number of Topliss-reactive ketones (excluding diaryl/α,β-unsaturated/α-hetero) is 1. The number of aryl methyl sites for hydroxylation is 1. The summed E-state index contributed by atoms with van der Waals surface area (Å²) in [6.45, 7) is 4.20. The van der Waals surface area contributed by atoms with Gasteiger partial charge >= 0.3 is 0 Å². The lowest BCUT2D eigenvalue weighted by Crippen LogP contribution is -2.50. The number of carbonyl (C=O) groups excluding carboxylic acids is 1. The zero-order valence-electron chi connectivity index (χ0n) is 11.5. The highest BCUT2D eigenvalue weighted by Gasteiger charge is 2.36. The van der Waals surface area contributed by atoms with Gasteiger partial charge in [-0.3, -0.25) is 9.69 Å². The molecule has 0 bridgehead atoms. The molecule has 1 aromatic rings. The molecule has 2 aliphatic rings. The maximum absolute atomic E-state index is 12.4. The van der Waals surface area contributed by atoms with Crippen molar-refractivity contribution in [3.63, 3.8) is 0 Å². The van der Waals surface area contributed by atoms with E-state index in [0.29, 0.717) is 18.7 Å². The summed E-state index contributed by atoms with van der Waals surface area (Å²) in [6.07, 6.45) is 3.91. The summed E-state index contributed by atoms with van der Waals surface area (Å²) in [7, 11) is 0. The van der Waals surface area contributed by atoms with Crippen molar-refractivity contribution in [2.45, 2.75) is 38.3 Å². The van der Waals surface area contributed by atoms with Gasteiger partial charge in [-0.05, 0) is 31.7 Å². The van der Waals surface area contributed by atoms with Crippen LogP contribution in [0, 0.1) is 6.92 Å². The van der Waals surface area contributed by atoms with Crippen LogP contribution in [0.2, 0.25) is 0 Å². The van der Waals surface area contributed by atoms with E-state index < -0.39 is 0 Å². The Morgan fingerprint density at radius 1 is 1.37 bits per heavy atom. The summed E-state index contributed by atoms with van der Waals surface area (Å²) in [5.41, 5.74) is 1.94. The predicted molar refractivity (Wildman–Crippen MR) is 74.5 cm³/mol. The second-order valence-corrected chi connectivity index (χ2v) is 5.62. The number of hydrogen-bond acceptors (Lipinski definition) is 3. The van der Waals surface area contributed by atoms with Crippen molar-refractivity contribution in [2.75, 3.05) is 19.7 Å². The van der Waals surface area contributed by atoms with Gasteiger partial charge in [-0.15, -0.1) is 0 Å². The van der Waals surface area contributed by atoms with Crippen molar-refractivity contribution in [3.8, 4) is 0 Å². The zero-order chi connectivity index (χ0) is 13.2. The van der Waals surface area contributed by atoms with Crippen LogP contribution < -0.4 is 0 Å². The van der Waals surface area contributed by atoms with Gasteiger partial charge in [0.05, 0.1) is 19.3 Å². The second kappa shape index (κ2) is 5.43. The fourth-order valence-electron chi connectivity index (χ4n) is 3.36. The molecule has 3 nitrogen and oxygen atoms in total. The van der Waals surface area contributed by atoms with E-state index in [-0.39, 0.29) is 5.78 Å². The molecule has 1 heterocycles. The van der Waals surface area contributed by atoms with E-state index in [1.807, 2.05) is 31.2 Å². The summed E-state index contributed by atoms with van der Waals surface area (Å²) in [5.74, 6) is 0.241. The molecule has 0 N–H and O–H groups in total. The Bertz CT molecular complexity index is 472. The Morgan fingerprint density at radius 3 is 3.05 bits per heavy atom. The Hall–Kier alpha value is -1.19. The van der Waals surface area contributed by atoms with Crippen molar-refractivity contribution in [1.82, 2.24) is 4.90 Å². The molecule has 0 aromatic heterocycles. The molecule has 0 amide bonds. The number of ketones is 1. The van der Waals surface area contributed by atoms with Crippen molar-refractivity contribution in [1.29, 1.82) is 0 Å². The van der Waals surface area contributed by atoms with Gasteiger partial charge in [0.25, 0.3) is 0 Å². The smallest absolute Gasteiger partial charge is 0.177 e. The largest absolute Gasteiger partial charge is 0.375 e. The molecule has 1 saturated heterocycles.